The van der Waals surface area contributed by atoms with Crippen LogP contribution in [-0.2, 0) is 9.53 Å². The first kappa shape index (κ1) is 11.9. The van der Waals surface area contributed by atoms with Crippen LogP contribution in [0.15, 0.2) is 24.3 Å². The maximum absolute atomic E-state index is 11.3. The summed E-state index contributed by atoms with van der Waals surface area (Å²) in [6, 6.07) is 5.64. The molecule has 0 spiro atoms. The summed E-state index contributed by atoms with van der Waals surface area (Å²) >= 11 is 0. The van der Waals surface area contributed by atoms with Gasteiger partial charge in [-0.2, -0.15) is 0 Å². The van der Waals surface area contributed by atoms with Crippen molar-refractivity contribution < 1.29 is 24.2 Å². The number of carboxylic acids is 1. The van der Waals surface area contributed by atoms with Gasteiger partial charge in [-0.05, 0) is 12.1 Å². The summed E-state index contributed by atoms with van der Waals surface area (Å²) in [5.74, 6) is -2.18. The van der Waals surface area contributed by atoms with Crippen molar-refractivity contribution >= 4 is 17.7 Å². The average molecular weight is 222 g/mol. The fraction of sp³-hybridized carbons (Fsp3) is 0.182. The number of rotatable bonds is 4. The molecule has 0 aliphatic carbocycles. The first-order chi connectivity index (χ1) is 7.54. The van der Waals surface area contributed by atoms with Crippen LogP contribution in [0.4, 0.5) is 0 Å². The smallest absolute Gasteiger partial charge is 0.337 e. The molecule has 16 heavy (non-hydrogen) atoms. The lowest BCUT2D eigenvalue weighted by molar-refractivity contribution is -0.135. The zero-order valence-corrected chi connectivity index (χ0v) is 8.60. The van der Waals surface area contributed by atoms with E-state index in [0.717, 1.165) is 0 Å². The SMILES string of the molecule is COC(=O)c1ccc(C(=O)CC(=O)O)cc1. The molecule has 0 amide bonds. The van der Waals surface area contributed by atoms with Gasteiger partial charge in [0.15, 0.2) is 5.78 Å². The highest BCUT2D eigenvalue weighted by atomic mass is 16.5. The Bertz CT molecular complexity index is 419. The molecule has 0 saturated heterocycles. The Labute approximate surface area is 91.6 Å². The first-order valence-corrected chi connectivity index (χ1v) is 4.48. The lowest BCUT2D eigenvalue weighted by Crippen LogP contribution is -2.07. The zero-order chi connectivity index (χ0) is 12.1. The van der Waals surface area contributed by atoms with Gasteiger partial charge in [-0.3, -0.25) is 9.59 Å². The van der Waals surface area contributed by atoms with Crippen LogP contribution in [0.5, 0.6) is 0 Å². The third-order valence-corrected chi connectivity index (χ3v) is 1.94. The lowest BCUT2D eigenvalue weighted by Gasteiger charge is -2.00. The number of Topliss-reactive ketones (excluding diaryl/α,β-unsaturated/α-hetero) is 1. The van der Waals surface area contributed by atoms with E-state index in [2.05, 4.69) is 4.74 Å². The molecule has 0 fully saturated rings. The molecule has 1 N–H and O–H groups in total. The Kier molecular flexibility index (Phi) is 3.77. The molecule has 0 aromatic heterocycles. The minimum atomic E-state index is -1.18. The second-order valence-electron chi connectivity index (χ2n) is 3.06. The van der Waals surface area contributed by atoms with E-state index in [1.54, 1.807) is 0 Å². The fourth-order valence-corrected chi connectivity index (χ4v) is 1.15. The molecule has 0 bridgehead atoms. The standard InChI is InChI=1S/C11H10O5/c1-16-11(15)8-4-2-7(3-5-8)9(12)6-10(13)14/h2-5H,6H2,1H3,(H,13,14). The molecular weight excluding hydrogens is 212 g/mol. The van der Waals surface area contributed by atoms with E-state index >= 15 is 0 Å². The van der Waals surface area contributed by atoms with Crippen LogP contribution < -0.4 is 0 Å². The number of hydrogen-bond donors (Lipinski definition) is 1. The average Bonchev–Trinajstić information content (AvgIpc) is 2.27. The predicted molar refractivity (Wildman–Crippen MR) is 54.4 cm³/mol. The van der Waals surface area contributed by atoms with Crippen molar-refractivity contribution in [3.63, 3.8) is 0 Å². The van der Waals surface area contributed by atoms with Crippen molar-refractivity contribution in [1.29, 1.82) is 0 Å². The van der Waals surface area contributed by atoms with Crippen LogP contribution in [0.25, 0.3) is 0 Å². The Morgan fingerprint density at radius 2 is 1.62 bits per heavy atom. The third-order valence-electron chi connectivity index (χ3n) is 1.94. The number of ketones is 1. The van der Waals surface area contributed by atoms with Gasteiger partial charge in [-0.15, -0.1) is 0 Å². The third kappa shape index (κ3) is 2.91. The van der Waals surface area contributed by atoms with Gasteiger partial charge in [0.25, 0.3) is 0 Å². The molecule has 5 nitrogen and oxygen atoms in total. The van der Waals surface area contributed by atoms with E-state index in [9.17, 15) is 14.4 Å². The van der Waals surface area contributed by atoms with E-state index in [0.29, 0.717) is 5.56 Å². The molecule has 0 atom stereocenters. The second-order valence-corrected chi connectivity index (χ2v) is 3.06. The van der Waals surface area contributed by atoms with Crippen LogP contribution in [0, 0.1) is 0 Å². The number of carboxylic acid groups (broad SMARTS) is 1. The molecular formula is C11H10O5. The Hall–Kier alpha value is -2.17. The lowest BCUT2D eigenvalue weighted by atomic mass is 10.1. The summed E-state index contributed by atoms with van der Waals surface area (Å²) in [6.45, 7) is 0. The number of aliphatic carboxylic acids is 1. The van der Waals surface area contributed by atoms with Gasteiger partial charge >= 0.3 is 11.9 Å². The van der Waals surface area contributed by atoms with E-state index in [1.165, 1.54) is 31.4 Å². The zero-order valence-electron chi connectivity index (χ0n) is 8.60. The number of carbonyl (C=O) groups excluding carboxylic acids is 2. The quantitative estimate of drug-likeness (QED) is 0.469. The number of carbonyl (C=O) groups is 3. The molecule has 0 radical (unpaired) electrons. The van der Waals surface area contributed by atoms with Crippen LogP contribution in [0.3, 0.4) is 0 Å². The number of methoxy groups -OCH3 is 1. The summed E-state index contributed by atoms with van der Waals surface area (Å²) in [6.07, 6.45) is -0.558. The van der Waals surface area contributed by atoms with E-state index in [1.807, 2.05) is 0 Å². The topological polar surface area (TPSA) is 80.7 Å². The van der Waals surface area contributed by atoms with E-state index in [4.69, 9.17) is 5.11 Å². The number of esters is 1. The van der Waals surface area contributed by atoms with Gasteiger partial charge in [0, 0.05) is 5.56 Å². The summed E-state index contributed by atoms with van der Waals surface area (Å²) in [4.78, 5) is 32.7. The van der Waals surface area contributed by atoms with Crippen LogP contribution in [0.1, 0.15) is 27.1 Å². The van der Waals surface area contributed by atoms with Crippen molar-refractivity contribution in [2.24, 2.45) is 0 Å². The maximum atomic E-state index is 11.3. The van der Waals surface area contributed by atoms with Crippen molar-refractivity contribution in [3.8, 4) is 0 Å². The highest BCUT2D eigenvalue weighted by molar-refractivity contribution is 6.05. The summed E-state index contributed by atoms with van der Waals surface area (Å²) < 4.78 is 4.48. The van der Waals surface area contributed by atoms with Gasteiger partial charge in [-0.25, -0.2) is 4.79 Å². The largest absolute Gasteiger partial charge is 0.481 e. The minimum Gasteiger partial charge on any atom is -0.481 e. The molecule has 1 aromatic carbocycles. The molecule has 1 aromatic rings. The normalized spacial score (nSPS) is 9.56. The van der Waals surface area contributed by atoms with Gasteiger partial charge < -0.3 is 9.84 Å². The minimum absolute atomic E-state index is 0.259. The molecule has 84 valence electrons. The Balaban J connectivity index is 2.82. The van der Waals surface area contributed by atoms with Gasteiger partial charge in [0.2, 0.25) is 0 Å². The fourth-order valence-electron chi connectivity index (χ4n) is 1.15. The predicted octanol–water partition coefficient (Wildman–Crippen LogP) is 1.13. The van der Waals surface area contributed by atoms with E-state index < -0.39 is 24.1 Å². The monoisotopic (exact) mass is 222 g/mol. The van der Waals surface area contributed by atoms with Crippen molar-refractivity contribution in [2.75, 3.05) is 7.11 Å². The van der Waals surface area contributed by atoms with Crippen LogP contribution in [0.2, 0.25) is 0 Å². The molecule has 0 heterocycles. The molecule has 0 saturated carbocycles. The van der Waals surface area contributed by atoms with Gasteiger partial charge in [0.05, 0.1) is 12.7 Å². The van der Waals surface area contributed by atoms with Gasteiger partial charge in [0.1, 0.15) is 6.42 Å². The maximum Gasteiger partial charge on any atom is 0.337 e. The number of benzene rings is 1. The number of ether oxygens (including phenoxy) is 1. The summed E-state index contributed by atoms with van der Waals surface area (Å²) in [7, 11) is 1.26. The van der Waals surface area contributed by atoms with Crippen LogP contribution >= 0.6 is 0 Å². The van der Waals surface area contributed by atoms with Crippen molar-refractivity contribution in [2.45, 2.75) is 6.42 Å². The molecule has 5 heteroatoms. The number of hydrogen-bond acceptors (Lipinski definition) is 4. The van der Waals surface area contributed by atoms with Crippen molar-refractivity contribution in [1.82, 2.24) is 0 Å². The van der Waals surface area contributed by atoms with Crippen LogP contribution in [-0.4, -0.2) is 29.9 Å². The molecule has 0 aliphatic rings. The molecule has 0 aliphatic heterocycles. The van der Waals surface area contributed by atoms with Crippen molar-refractivity contribution in [3.05, 3.63) is 35.4 Å². The molecule has 1 rings (SSSR count). The summed E-state index contributed by atoms with van der Waals surface area (Å²) in [5.41, 5.74) is 0.574. The Morgan fingerprint density at radius 1 is 1.12 bits per heavy atom. The Morgan fingerprint density at radius 3 is 2.06 bits per heavy atom. The first-order valence-electron chi connectivity index (χ1n) is 4.48. The highest BCUT2D eigenvalue weighted by Crippen LogP contribution is 2.08. The van der Waals surface area contributed by atoms with E-state index in [-0.39, 0.29) is 5.56 Å². The molecule has 0 unspecified atom stereocenters. The highest BCUT2D eigenvalue weighted by Gasteiger charge is 2.11. The van der Waals surface area contributed by atoms with Gasteiger partial charge in [-0.1, -0.05) is 12.1 Å². The summed E-state index contributed by atoms with van der Waals surface area (Å²) in [5, 5.41) is 8.43. The second kappa shape index (κ2) is 5.06.